The van der Waals surface area contributed by atoms with Crippen molar-refractivity contribution in [1.82, 2.24) is 0 Å². The molecule has 0 bridgehead atoms. The zero-order valence-electron chi connectivity index (χ0n) is 19.3. The summed E-state index contributed by atoms with van der Waals surface area (Å²) >= 11 is 0. The van der Waals surface area contributed by atoms with Crippen molar-refractivity contribution in [3.05, 3.63) is 11.6 Å². The Morgan fingerprint density at radius 1 is 1.10 bits per heavy atom. The van der Waals surface area contributed by atoms with Gasteiger partial charge in [0.25, 0.3) is 0 Å². The number of hydrogen-bond acceptors (Lipinski definition) is 5. The molecule has 0 N–H and O–H groups in total. The van der Waals surface area contributed by atoms with Gasteiger partial charge in [0.1, 0.15) is 6.79 Å². The van der Waals surface area contributed by atoms with Gasteiger partial charge in [0, 0.05) is 19.3 Å². The monoisotopic (exact) mass is 424 g/mol. The largest absolute Gasteiger partial charge is 0.466 e. The highest BCUT2D eigenvalue weighted by atomic mass is 28.4. The van der Waals surface area contributed by atoms with Crippen LogP contribution in [0.1, 0.15) is 52.9 Å². The molecular weight excluding hydrogens is 384 g/mol. The molecule has 0 aromatic carbocycles. The van der Waals surface area contributed by atoms with Gasteiger partial charge >= 0.3 is 5.97 Å². The molecule has 3 saturated carbocycles. The Hall–Kier alpha value is -0.693. The Morgan fingerprint density at radius 3 is 2.41 bits per heavy atom. The molecular formula is C23H40O5Si. The van der Waals surface area contributed by atoms with Crippen LogP contribution in [0.25, 0.3) is 0 Å². The molecule has 3 aliphatic rings. The van der Waals surface area contributed by atoms with E-state index in [1.54, 1.807) is 13.2 Å². The summed E-state index contributed by atoms with van der Waals surface area (Å²) in [6, 6.07) is 0. The Bertz CT molecular complexity index is 623. The van der Waals surface area contributed by atoms with Crippen molar-refractivity contribution < 1.29 is 23.4 Å². The second kappa shape index (κ2) is 8.81. The van der Waals surface area contributed by atoms with Crippen molar-refractivity contribution in [2.75, 3.05) is 21.0 Å². The van der Waals surface area contributed by atoms with Crippen LogP contribution in [0.15, 0.2) is 11.6 Å². The maximum atomic E-state index is 11.9. The van der Waals surface area contributed by atoms with Gasteiger partial charge in [-0.15, -0.1) is 0 Å². The lowest BCUT2D eigenvalue weighted by Crippen LogP contribution is -2.43. The minimum atomic E-state index is -1.79. The third-order valence-electron chi connectivity index (χ3n) is 8.07. The smallest absolute Gasteiger partial charge is 0.330 e. The van der Waals surface area contributed by atoms with Crippen molar-refractivity contribution >= 4 is 14.3 Å². The standard InChI is InChI=1S/C23H40O5Si/c1-23(2,3)29(6,7)28-16-11-19-17-9-8-15(10-22(24)26-5)18(17)13-21(20(19)12-16)27-14-25-4/h10,16-21H,8-9,11-14H2,1-7H3/t16-,17+,18-,19-,20-,21-/m0/s1. The molecule has 0 aromatic heterocycles. The van der Waals surface area contributed by atoms with E-state index in [4.69, 9.17) is 18.6 Å². The fraction of sp³-hybridized carbons (Fsp3) is 0.870. The fourth-order valence-electron chi connectivity index (χ4n) is 5.66. The first kappa shape index (κ1) is 23.0. The number of methoxy groups -OCH3 is 2. The first-order chi connectivity index (χ1) is 13.6. The lowest BCUT2D eigenvalue weighted by molar-refractivity contribution is -0.135. The highest BCUT2D eigenvalue weighted by Crippen LogP contribution is 2.57. The average Bonchev–Trinajstić information content (AvgIpc) is 3.22. The highest BCUT2D eigenvalue weighted by molar-refractivity contribution is 6.74. The van der Waals surface area contributed by atoms with Crippen LogP contribution in [-0.4, -0.2) is 47.5 Å². The van der Waals surface area contributed by atoms with Crippen LogP contribution < -0.4 is 0 Å². The van der Waals surface area contributed by atoms with Gasteiger partial charge in [-0.25, -0.2) is 4.79 Å². The van der Waals surface area contributed by atoms with E-state index in [1.807, 2.05) is 0 Å². The molecule has 3 aliphatic carbocycles. The molecule has 3 fully saturated rings. The molecule has 0 unspecified atom stereocenters. The van der Waals surface area contributed by atoms with Crippen LogP contribution in [0.5, 0.6) is 0 Å². The molecule has 5 nitrogen and oxygen atoms in total. The average molecular weight is 425 g/mol. The van der Waals surface area contributed by atoms with Gasteiger partial charge in [0.15, 0.2) is 8.32 Å². The number of esters is 1. The van der Waals surface area contributed by atoms with E-state index in [-0.39, 0.29) is 17.1 Å². The molecule has 0 aliphatic heterocycles. The molecule has 0 aromatic rings. The Morgan fingerprint density at radius 2 is 1.79 bits per heavy atom. The molecule has 0 heterocycles. The van der Waals surface area contributed by atoms with Crippen LogP contribution in [0, 0.1) is 23.7 Å². The van der Waals surface area contributed by atoms with Gasteiger partial charge in [0.05, 0.1) is 13.2 Å². The second-order valence-corrected chi connectivity index (χ2v) is 15.5. The molecule has 0 amide bonds. The van der Waals surface area contributed by atoms with Gasteiger partial charge in [-0.05, 0) is 73.9 Å². The zero-order valence-corrected chi connectivity index (χ0v) is 20.3. The van der Waals surface area contributed by atoms with Gasteiger partial charge < -0.3 is 18.6 Å². The predicted octanol–water partition coefficient (Wildman–Crippen LogP) is 4.92. The summed E-state index contributed by atoms with van der Waals surface area (Å²) in [6.07, 6.45) is 7.58. The van der Waals surface area contributed by atoms with Crippen LogP contribution >= 0.6 is 0 Å². The first-order valence-electron chi connectivity index (χ1n) is 11.1. The zero-order chi connectivity index (χ0) is 21.4. The van der Waals surface area contributed by atoms with E-state index in [9.17, 15) is 4.79 Å². The number of fused-ring (bicyclic) bond motifs is 3. The summed E-state index contributed by atoms with van der Waals surface area (Å²) in [5.41, 5.74) is 1.25. The Kier molecular flexibility index (Phi) is 6.98. The summed E-state index contributed by atoms with van der Waals surface area (Å²) in [7, 11) is 1.34. The topological polar surface area (TPSA) is 54.0 Å². The maximum Gasteiger partial charge on any atom is 0.330 e. The van der Waals surface area contributed by atoms with Crippen molar-refractivity contribution in [2.24, 2.45) is 23.7 Å². The van der Waals surface area contributed by atoms with Crippen LogP contribution in [0.4, 0.5) is 0 Å². The molecule has 6 heteroatoms. The van der Waals surface area contributed by atoms with Crippen molar-refractivity contribution in [3.63, 3.8) is 0 Å². The fourth-order valence-corrected chi connectivity index (χ4v) is 7.04. The predicted molar refractivity (Wildman–Crippen MR) is 116 cm³/mol. The van der Waals surface area contributed by atoms with E-state index in [0.29, 0.717) is 36.6 Å². The van der Waals surface area contributed by atoms with E-state index in [2.05, 4.69) is 33.9 Å². The van der Waals surface area contributed by atoms with E-state index in [0.717, 1.165) is 25.7 Å². The molecule has 0 spiro atoms. The number of carbonyl (C=O) groups is 1. The van der Waals surface area contributed by atoms with Gasteiger partial charge in [-0.2, -0.15) is 0 Å². The molecule has 166 valence electrons. The van der Waals surface area contributed by atoms with Crippen molar-refractivity contribution in [1.29, 1.82) is 0 Å². The SMILES string of the molecule is COCO[C@H]1C[C@H]2C(=CC(=O)OC)CC[C@H]2[C@@H]2C[C@H](O[Si](C)(C)C(C)(C)C)C[C@@H]21. The van der Waals surface area contributed by atoms with E-state index >= 15 is 0 Å². The van der Waals surface area contributed by atoms with Crippen molar-refractivity contribution in [3.8, 4) is 0 Å². The minimum absolute atomic E-state index is 0.174. The number of carbonyl (C=O) groups excluding carboxylic acids is 1. The number of ether oxygens (including phenoxy) is 3. The lowest BCUT2D eigenvalue weighted by Gasteiger charge is -2.41. The number of rotatable bonds is 6. The van der Waals surface area contributed by atoms with Gasteiger partial charge in [0.2, 0.25) is 0 Å². The maximum absolute atomic E-state index is 11.9. The summed E-state index contributed by atoms with van der Waals surface area (Å²) < 4.78 is 23.1. The normalized spacial score (nSPS) is 36.2. The lowest BCUT2D eigenvalue weighted by atomic mass is 9.67. The third-order valence-corrected chi connectivity index (χ3v) is 12.6. The van der Waals surface area contributed by atoms with E-state index in [1.165, 1.54) is 19.1 Å². The quantitative estimate of drug-likeness (QED) is 0.262. The summed E-state index contributed by atoms with van der Waals surface area (Å²) in [6.45, 7) is 12.0. The molecule has 0 saturated heterocycles. The molecule has 29 heavy (non-hydrogen) atoms. The third kappa shape index (κ3) is 4.81. The van der Waals surface area contributed by atoms with Gasteiger partial charge in [-0.3, -0.25) is 0 Å². The van der Waals surface area contributed by atoms with E-state index < -0.39 is 8.32 Å². The van der Waals surface area contributed by atoms with Crippen LogP contribution in [-0.2, 0) is 23.4 Å². The second-order valence-electron chi connectivity index (χ2n) is 10.7. The molecule has 0 radical (unpaired) electrons. The first-order valence-corrected chi connectivity index (χ1v) is 14.0. The number of allylic oxidation sites excluding steroid dienone is 1. The van der Waals surface area contributed by atoms with Crippen LogP contribution in [0.3, 0.4) is 0 Å². The summed E-state index contributed by atoms with van der Waals surface area (Å²) in [5.74, 6) is 1.95. The van der Waals surface area contributed by atoms with Crippen LogP contribution in [0.2, 0.25) is 18.1 Å². The van der Waals surface area contributed by atoms with Gasteiger partial charge in [-0.1, -0.05) is 26.3 Å². The minimum Gasteiger partial charge on any atom is -0.466 e. The molecule has 6 atom stereocenters. The summed E-state index contributed by atoms with van der Waals surface area (Å²) in [4.78, 5) is 11.9. The Balaban J connectivity index is 1.79. The summed E-state index contributed by atoms with van der Waals surface area (Å²) in [5, 5.41) is 0.221. The highest BCUT2D eigenvalue weighted by Gasteiger charge is 2.54. The molecule has 3 rings (SSSR count). The van der Waals surface area contributed by atoms with Crippen molar-refractivity contribution in [2.45, 2.75) is 83.2 Å². The number of hydrogen-bond donors (Lipinski definition) is 0. The Labute approximate surface area is 177 Å².